The van der Waals surface area contributed by atoms with E-state index in [1.165, 1.54) is 12.8 Å². The molecule has 7 heteroatoms. The minimum Gasteiger partial charge on any atom is -0.357 e. The molecule has 27 heavy (non-hydrogen) atoms. The Kier molecular flexibility index (Phi) is 4.58. The molecule has 0 atom stereocenters. The van der Waals surface area contributed by atoms with E-state index in [-0.39, 0.29) is 5.91 Å². The largest absolute Gasteiger partial charge is 0.357 e. The van der Waals surface area contributed by atoms with Gasteiger partial charge in [0.1, 0.15) is 5.84 Å². The van der Waals surface area contributed by atoms with Crippen LogP contribution in [0.3, 0.4) is 0 Å². The summed E-state index contributed by atoms with van der Waals surface area (Å²) in [6, 6.07) is 3.69. The smallest absolute Gasteiger partial charge is 0.262 e. The molecule has 0 spiro atoms. The Morgan fingerprint density at radius 1 is 1.30 bits per heavy atom. The minimum atomic E-state index is -0.0612. The number of aromatic nitrogens is 3. The van der Waals surface area contributed by atoms with Gasteiger partial charge in [-0.25, -0.2) is 4.68 Å². The fourth-order valence-electron chi connectivity index (χ4n) is 3.46. The van der Waals surface area contributed by atoms with Crippen LogP contribution in [-0.4, -0.2) is 51.5 Å². The van der Waals surface area contributed by atoms with Crippen molar-refractivity contribution in [2.45, 2.75) is 19.4 Å². The molecule has 0 bridgehead atoms. The molecule has 0 N–H and O–H groups in total. The van der Waals surface area contributed by atoms with E-state index in [0.29, 0.717) is 17.8 Å². The van der Waals surface area contributed by atoms with E-state index in [0.717, 1.165) is 30.3 Å². The van der Waals surface area contributed by atoms with Crippen molar-refractivity contribution in [2.24, 2.45) is 4.99 Å². The summed E-state index contributed by atoms with van der Waals surface area (Å²) in [7, 11) is 1.80. The lowest BCUT2D eigenvalue weighted by Gasteiger charge is -2.17. The molecule has 0 saturated carbocycles. The zero-order valence-corrected chi connectivity index (χ0v) is 15.4. The molecule has 0 aliphatic carbocycles. The summed E-state index contributed by atoms with van der Waals surface area (Å²) in [5.74, 6) is 0.890. The van der Waals surface area contributed by atoms with Crippen LogP contribution in [0.4, 0.5) is 5.69 Å². The topological polar surface area (TPSA) is 66.6 Å². The fourth-order valence-corrected chi connectivity index (χ4v) is 3.46. The molecule has 4 heterocycles. The van der Waals surface area contributed by atoms with Crippen molar-refractivity contribution in [3.63, 3.8) is 0 Å². The number of hydrogen-bond donors (Lipinski definition) is 0. The van der Waals surface area contributed by atoms with Gasteiger partial charge in [0.15, 0.2) is 0 Å². The van der Waals surface area contributed by atoms with Crippen LogP contribution in [0.15, 0.2) is 54.4 Å². The van der Waals surface area contributed by atoms with E-state index in [4.69, 9.17) is 0 Å². The van der Waals surface area contributed by atoms with Crippen LogP contribution in [0.1, 0.15) is 28.9 Å². The van der Waals surface area contributed by atoms with Crippen molar-refractivity contribution < 1.29 is 4.79 Å². The van der Waals surface area contributed by atoms with Gasteiger partial charge in [-0.15, -0.1) is 0 Å². The standard InChI is InChI=1S/C20H22N6O/c1-15(7-8-19(21-2)24-10-3-4-11-24)26-13-17-18(23-26)14-25(20(17)27)16-6-5-9-22-12-16/h5-9,12-13H,1,3-4,10-11,14H2,2H3/b8-7-,21-19?. The number of likely N-dealkylation sites (tertiary alicyclic amines) is 1. The van der Waals surface area contributed by atoms with Gasteiger partial charge in [0.25, 0.3) is 5.91 Å². The van der Waals surface area contributed by atoms with Crippen molar-refractivity contribution in [1.29, 1.82) is 0 Å². The zero-order chi connectivity index (χ0) is 18.8. The van der Waals surface area contributed by atoms with Gasteiger partial charge in [0, 0.05) is 32.5 Å². The van der Waals surface area contributed by atoms with Crippen LogP contribution in [0.5, 0.6) is 0 Å². The van der Waals surface area contributed by atoms with Gasteiger partial charge in [0.05, 0.1) is 35.4 Å². The molecule has 4 rings (SSSR count). The molecule has 7 nitrogen and oxygen atoms in total. The number of amides is 1. The molecule has 1 fully saturated rings. The van der Waals surface area contributed by atoms with E-state index >= 15 is 0 Å². The van der Waals surface area contributed by atoms with Crippen LogP contribution in [0.25, 0.3) is 5.70 Å². The molecule has 2 aliphatic heterocycles. The normalized spacial score (nSPS) is 17.2. The van der Waals surface area contributed by atoms with Gasteiger partial charge in [0.2, 0.25) is 0 Å². The monoisotopic (exact) mass is 362 g/mol. The minimum absolute atomic E-state index is 0.0612. The third-order valence-electron chi connectivity index (χ3n) is 4.91. The zero-order valence-electron chi connectivity index (χ0n) is 15.4. The Morgan fingerprint density at radius 2 is 2.11 bits per heavy atom. The number of carbonyl (C=O) groups is 1. The van der Waals surface area contributed by atoms with Crippen LogP contribution in [0.2, 0.25) is 0 Å². The van der Waals surface area contributed by atoms with Crippen LogP contribution >= 0.6 is 0 Å². The molecule has 1 amide bonds. The molecule has 138 valence electrons. The number of amidine groups is 1. The number of fused-ring (bicyclic) bond motifs is 1. The fraction of sp³-hybridized carbons (Fsp3) is 0.300. The van der Waals surface area contributed by atoms with Crippen LogP contribution in [-0.2, 0) is 6.54 Å². The average molecular weight is 362 g/mol. The number of pyridine rings is 1. The highest BCUT2D eigenvalue weighted by molar-refractivity contribution is 6.09. The number of allylic oxidation sites excluding steroid dienone is 2. The second-order valence-corrected chi connectivity index (χ2v) is 6.64. The number of aliphatic imine (C=N–C) groups is 1. The first kappa shape index (κ1) is 17.2. The Balaban J connectivity index is 1.48. The maximum absolute atomic E-state index is 12.7. The summed E-state index contributed by atoms with van der Waals surface area (Å²) < 4.78 is 1.66. The highest BCUT2D eigenvalue weighted by atomic mass is 16.2. The van der Waals surface area contributed by atoms with Gasteiger partial charge in [-0.05, 0) is 37.1 Å². The second-order valence-electron chi connectivity index (χ2n) is 6.64. The first-order valence-corrected chi connectivity index (χ1v) is 9.07. The maximum Gasteiger partial charge on any atom is 0.262 e. The number of hydrogen-bond acceptors (Lipinski definition) is 4. The Labute approximate surface area is 158 Å². The lowest BCUT2D eigenvalue weighted by atomic mass is 10.3. The lowest BCUT2D eigenvalue weighted by molar-refractivity contribution is 0.0996. The number of rotatable bonds is 4. The predicted molar refractivity (Wildman–Crippen MR) is 106 cm³/mol. The predicted octanol–water partition coefficient (Wildman–Crippen LogP) is 2.59. The van der Waals surface area contributed by atoms with E-state index < -0.39 is 0 Å². The highest BCUT2D eigenvalue weighted by Gasteiger charge is 2.32. The van der Waals surface area contributed by atoms with Crippen molar-refractivity contribution in [3.8, 4) is 0 Å². The maximum atomic E-state index is 12.7. The molecular weight excluding hydrogens is 340 g/mol. The van der Waals surface area contributed by atoms with Gasteiger partial charge in [-0.1, -0.05) is 6.58 Å². The number of nitrogens with zero attached hydrogens (tertiary/aromatic N) is 6. The molecule has 0 aromatic carbocycles. The first-order chi connectivity index (χ1) is 13.2. The Bertz CT molecular complexity index is 921. The molecule has 2 aromatic heterocycles. The quantitative estimate of drug-likeness (QED) is 0.476. The average Bonchev–Trinajstić information content (AvgIpc) is 3.41. The lowest BCUT2D eigenvalue weighted by Crippen LogP contribution is -2.26. The Hall–Kier alpha value is -3.22. The number of carbonyl (C=O) groups excluding carboxylic acids is 1. The molecule has 2 aliphatic rings. The highest BCUT2D eigenvalue weighted by Crippen LogP contribution is 2.27. The molecule has 1 saturated heterocycles. The van der Waals surface area contributed by atoms with Crippen LogP contribution in [0, 0.1) is 0 Å². The van der Waals surface area contributed by atoms with Crippen molar-refractivity contribution in [3.05, 3.63) is 60.7 Å². The summed E-state index contributed by atoms with van der Waals surface area (Å²) in [6.07, 6.45) is 11.4. The molecular formula is C20H22N6O. The Morgan fingerprint density at radius 3 is 2.78 bits per heavy atom. The third-order valence-corrected chi connectivity index (χ3v) is 4.91. The SMILES string of the molecule is C=C(/C=C\C(=NC)N1CCCC1)n1cc2c(n1)CN(c1cccnc1)C2=O. The summed E-state index contributed by atoms with van der Waals surface area (Å²) in [5, 5.41) is 4.55. The van der Waals surface area contributed by atoms with Gasteiger partial charge in [-0.3, -0.25) is 14.8 Å². The van der Waals surface area contributed by atoms with E-state index in [1.54, 1.807) is 35.2 Å². The summed E-state index contributed by atoms with van der Waals surface area (Å²) in [5.41, 5.74) is 2.84. The molecule has 2 aromatic rings. The van der Waals surface area contributed by atoms with Gasteiger partial charge in [-0.2, -0.15) is 5.10 Å². The molecule has 0 radical (unpaired) electrons. The van der Waals surface area contributed by atoms with E-state index in [1.807, 2.05) is 24.3 Å². The summed E-state index contributed by atoms with van der Waals surface area (Å²) >= 11 is 0. The molecule has 0 unspecified atom stereocenters. The van der Waals surface area contributed by atoms with Crippen LogP contribution < -0.4 is 4.90 Å². The second kappa shape index (κ2) is 7.19. The van der Waals surface area contributed by atoms with Crippen molar-refractivity contribution in [2.75, 3.05) is 25.0 Å². The number of anilines is 1. The van der Waals surface area contributed by atoms with Crippen molar-refractivity contribution >= 4 is 23.1 Å². The summed E-state index contributed by atoms with van der Waals surface area (Å²) in [6.45, 7) is 6.60. The first-order valence-electron chi connectivity index (χ1n) is 9.07. The summed E-state index contributed by atoms with van der Waals surface area (Å²) in [4.78, 5) is 25.1. The van der Waals surface area contributed by atoms with Crippen molar-refractivity contribution in [1.82, 2.24) is 19.7 Å². The third kappa shape index (κ3) is 3.28. The van der Waals surface area contributed by atoms with Gasteiger partial charge >= 0.3 is 0 Å². The van der Waals surface area contributed by atoms with E-state index in [9.17, 15) is 4.79 Å². The van der Waals surface area contributed by atoms with E-state index in [2.05, 4.69) is 26.6 Å². The van der Waals surface area contributed by atoms with Gasteiger partial charge < -0.3 is 9.80 Å².